The monoisotopic (exact) mass is 420 g/mol. The summed E-state index contributed by atoms with van der Waals surface area (Å²) in [7, 11) is -1.28. The van der Waals surface area contributed by atoms with Gasteiger partial charge in [0.2, 0.25) is 0 Å². The van der Waals surface area contributed by atoms with Crippen LogP contribution in [0.4, 0.5) is 0 Å². The molecule has 0 spiro atoms. The second-order valence-electron chi connectivity index (χ2n) is 5.38. The summed E-state index contributed by atoms with van der Waals surface area (Å²) in [5.74, 6) is 0. The number of rotatable bonds is 5. The molecule has 0 bridgehead atoms. The fourth-order valence-corrected chi connectivity index (χ4v) is 2.36. The molecule has 21 heavy (non-hydrogen) atoms. The molecule has 2 aliphatic rings. The van der Waals surface area contributed by atoms with Gasteiger partial charge < -0.3 is 29.2 Å². The molecule has 0 amide bonds. The van der Waals surface area contributed by atoms with E-state index in [0.717, 1.165) is 32.3 Å². The molecule has 0 saturated carbocycles. The maximum absolute atomic E-state index is 5.76. The zero-order valence-corrected chi connectivity index (χ0v) is 18.1. The van der Waals surface area contributed by atoms with E-state index < -0.39 is 8.32 Å². The maximum Gasteiger partial charge on any atom is 4.00 e. The second kappa shape index (κ2) is 15.5. The van der Waals surface area contributed by atoms with E-state index in [1.54, 1.807) is 0 Å². The van der Waals surface area contributed by atoms with E-state index in [2.05, 4.69) is 50.0 Å². The van der Waals surface area contributed by atoms with Gasteiger partial charge in [0.15, 0.2) is 8.32 Å². The van der Waals surface area contributed by atoms with Crippen LogP contribution in [0.2, 0.25) is 19.6 Å². The Bertz CT molecular complexity index is 348. The van der Waals surface area contributed by atoms with E-state index in [-0.39, 0.29) is 51.0 Å². The Hall–Kier alpha value is 0.600. The minimum atomic E-state index is -1.28. The third kappa shape index (κ3) is 16.8. The molecule has 0 aromatic carbocycles. The van der Waals surface area contributed by atoms with E-state index in [0.29, 0.717) is 0 Å². The van der Waals surface area contributed by atoms with Gasteiger partial charge in [0, 0.05) is 6.61 Å². The van der Waals surface area contributed by atoms with Crippen LogP contribution < -0.4 is 24.8 Å². The van der Waals surface area contributed by atoms with Crippen molar-refractivity contribution < 1.29 is 55.4 Å². The van der Waals surface area contributed by atoms with Crippen molar-refractivity contribution in [3.63, 3.8) is 0 Å². The van der Waals surface area contributed by atoms with Crippen LogP contribution in [0.3, 0.4) is 0 Å². The van der Waals surface area contributed by atoms with Crippen molar-refractivity contribution in [3.8, 4) is 0 Å². The molecule has 0 heterocycles. The van der Waals surface area contributed by atoms with Gasteiger partial charge in [-0.25, -0.2) is 23.8 Å². The summed E-state index contributed by atoms with van der Waals surface area (Å²) in [5.41, 5.74) is 1.36. The summed E-state index contributed by atoms with van der Waals surface area (Å²) >= 11 is 0. The van der Waals surface area contributed by atoms with E-state index in [4.69, 9.17) is 4.43 Å². The number of hydrogen-bond donors (Lipinski definition) is 0. The molecule has 0 aromatic heterocycles. The van der Waals surface area contributed by atoms with Gasteiger partial charge in [-0.05, 0) is 26.1 Å². The van der Waals surface area contributed by atoms with Crippen LogP contribution in [0, 0.1) is 12.2 Å². The van der Waals surface area contributed by atoms with Gasteiger partial charge in [0.25, 0.3) is 0 Å². The number of halogens is 2. The summed E-state index contributed by atoms with van der Waals surface area (Å²) in [5, 5.41) is 0. The first-order valence-electron chi connectivity index (χ1n) is 6.70. The van der Waals surface area contributed by atoms with E-state index in [9.17, 15) is 0 Å². The van der Waals surface area contributed by atoms with Gasteiger partial charge in [-0.1, -0.05) is 6.42 Å². The first-order chi connectivity index (χ1) is 8.58. The molecular formula is C16H24Cl2OSiZr. The van der Waals surface area contributed by atoms with Crippen LogP contribution in [0.1, 0.15) is 25.7 Å². The SMILES string of the molecule is C[Si](C)(C)OCCCC1=[C-]CC=C1.[C-]1=CC=CC1.[Cl-].[Cl-].[Zr+4]. The Balaban J connectivity index is -0.000000349. The Morgan fingerprint density at radius 3 is 2.24 bits per heavy atom. The molecule has 0 N–H and O–H groups in total. The average Bonchev–Trinajstić information content (AvgIpc) is 2.98. The normalized spacial score (nSPS) is 14.3. The van der Waals surface area contributed by atoms with Gasteiger partial charge in [-0.3, -0.25) is 12.2 Å². The van der Waals surface area contributed by atoms with Crippen molar-refractivity contribution >= 4 is 8.32 Å². The molecule has 0 unspecified atom stereocenters. The molecule has 116 valence electrons. The quantitative estimate of drug-likeness (QED) is 0.302. The third-order valence-electron chi connectivity index (χ3n) is 2.48. The smallest absolute Gasteiger partial charge is 1.00 e. The molecule has 0 radical (unpaired) electrons. The molecular weight excluding hydrogens is 398 g/mol. The predicted octanol–water partition coefficient (Wildman–Crippen LogP) is -1.38. The van der Waals surface area contributed by atoms with Crippen LogP contribution in [0.15, 0.2) is 36.0 Å². The van der Waals surface area contributed by atoms with E-state index >= 15 is 0 Å². The second-order valence-corrected chi connectivity index (χ2v) is 9.89. The van der Waals surface area contributed by atoms with Crippen molar-refractivity contribution in [2.45, 2.75) is 45.3 Å². The summed E-state index contributed by atoms with van der Waals surface area (Å²) in [6.45, 7) is 7.60. The predicted molar refractivity (Wildman–Crippen MR) is 80.6 cm³/mol. The van der Waals surface area contributed by atoms with Crippen molar-refractivity contribution in [1.29, 1.82) is 0 Å². The summed E-state index contributed by atoms with van der Waals surface area (Å²) in [6, 6.07) is 0. The molecule has 0 atom stereocenters. The molecule has 5 heteroatoms. The first-order valence-corrected chi connectivity index (χ1v) is 10.1. The molecule has 0 aliphatic heterocycles. The van der Waals surface area contributed by atoms with Crippen LogP contribution in [0.5, 0.6) is 0 Å². The van der Waals surface area contributed by atoms with Gasteiger partial charge in [0.1, 0.15) is 0 Å². The third-order valence-corrected chi connectivity index (χ3v) is 3.55. The maximum atomic E-state index is 5.76. The molecule has 0 saturated heterocycles. The zero-order chi connectivity index (χ0) is 13.3. The largest absolute Gasteiger partial charge is 4.00 e. The standard InChI is InChI=1S/C11H19OSi.C5H5.2ClH.Zr/c1-13(2,3)12-10-6-9-11-7-4-5-8-11;1-2-4-5-3-1;;;/h4,7H,5-6,9-10H2,1-3H3;1-3H,4H2;2*1H;/q2*-1;;;+4/p-2. The van der Waals surface area contributed by atoms with Crippen LogP contribution in [0.25, 0.3) is 0 Å². The molecule has 2 aliphatic carbocycles. The number of allylic oxidation sites excluding steroid dienone is 8. The van der Waals surface area contributed by atoms with Gasteiger partial charge in [-0.2, -0.15) is 12.2 Å². The Labute approximate surface area is 163 Å². The van der Waals surface area contributed by atoms with E-state index in [1.165, 1.54) is 5.57 Å². The first kappa shape index (κ1) is 26.5. The summed E-state index contributed by atoms with van der Waals surface area (Å²) in [6.07, 6.45) is 20.9. The van der Waals surface area contributed by atoms with Crippen LogP contribution in [-0.4, -0.2) is 14.9 Å². The summed E-state index contributed by atoms with van der Waals surface area (Å²) in [4.78, 5) is 0. The fourth-order valence-electron chi connectivity index (χ4n) is 1.60. The fraction of sp³-hybridized carbons (Fsp3) is 0.500. The zero-order valence-electron chi connectivity index (χ0n) is 13.1. The average molecular weight is 423 g/mol. The van der Waals surface area contributed by atoms with Gasteiger partial charge in [-0.15, -0.1) is 12.8 Å². The van der Waals surface area contributed by atoms with E-state index in [1.807, 2.05) is 12.2 Å². The Morgan fingerprint density at radius 1 is 1.14 bits per heavy atom. The van der Waals surface area contributed by atoms with Crippen molar-refractivity contribution in [2.75, 3.05) is 6.61 Å². The minimum absolute atomic E-state index is 0. The molecule has 0 fully saturated rings. The number of hydrogen-bond acceptors (Lipinski definition) is 1. The van der Waals surface area contributed by atoms with Gasteiger partial charge >= 0.3 is 26.2 Å². The van der Waals surface area contributed by atoms with Crippen molar-refractivity contribution in [3.05, 3.63) is 48.1 Å². The molecule has 0 aromatic rings. The van der Waals surface area contributed by atoms with Crippen molar-refractivity contribution in [2.24, 2.45) is 0 Å². The Morgan fingerprint density at radius 2 is 1.86 bits per heavy atom. The van der Waals surface area contributed by atoms with Crippen LogP contribution in [-0.2, 0) is 30.6 Å². The minimum Gasteiger partial charge on any atom is -1.00 e. The Kier molecular flexibility index (Phi) is 19.5. The molecule has 2 rings (SSSR count). The van der Waals surface area contributed by atoms with Gasteiger partial charge in [0.05, 0.1) is 0 Å². The summed E-state index contributed by atoms with van der Waals surface area (Å²) < 4.78 is 5.76. The molecule has 1 nitrogen and oxygen atoms in total. The van der Waals surface area contributed by atoms with Crippen LogP contribution >= 0.6 is 0 Å². The van der Waals surface area contributed by atoms with Crippen molar-refractivity contribution in [1.82, 2.24) is 0 Å². The topological polar surface area (TPSA) is 9.23 Å².